The largest absolute Gasteiger partial charge is 0.497 e. The SMILES string of the molecule is CC[C@@H](C)NC(=O)[C@H](Cc1ccccc1)N(Cc1ccc(Cl)cc1)C(=O)COc1ccc(OC)cc1. The summed E-state index contributed by atoms with van der Waals surface area (Å²) in [6.07, 6.45) is 1.17. The second-order valence-corrected chi connectivity index (χ2v) is 9.07. The van der Waals surface area contributed by atoms with Gasteiger partial charge < -0.3 is 19.7 Å². The third-order valence-corrected chi connectivity index (χ3v) is 6.21. The molecule has 1 N–H and O–H groups in total. The maximum absolute atomic E-state index is 13.6. The Morgan fingerprint density at radius 3 is 2.17 bits per heavy atom. The van der Waals surface area contributed by atoms with Crippen molar-refractivity contribution in [3.63, 3.8) is 0 Å². The molecule has 0 saturated carbocycles. The number of hydrogen-bond acceptors (Lipinski definition) is 4. The van der Waals surface area contributed by atoms with Crippen LogP contribution in [0.15, 0.2) is 78.9 Å². The Balaban J connectivity index is 1.88. The fourth-order valence-electron chi connectivity index (χ4n) is 3.68. The molecule has 0 aliphatic carbocycles. The van der Waals surface area contributed by atoms with Gasteiger partial charge in [-0.05, 0) is 60.9 Å². The van der Waals surface area contributed by atoms with Crippen molar-refractivity contribution in [1.29, 1.82) is 0 Å². The van der Waals surface area contributed by atoms with Crippen molar-refractivity contribution >= 4 is 23.4 Å². The minimum atomic E-state index is -0.718. The molecule has 36 heavy (non-hydrogen) atoms. The van der Waals surface area contributed by atoms with Gasteiger partial charge in [0.2, 0.25) is 5.91 Å². The Morgan fingerprint density at radius 2 is 1.56 bits per heavy atom. The molecule has 0 heterocycles. The molecular formula is C29H33ClN2O4. The molecule has 0 fully saturated rings. The van der Waals surface area contributed by atoms with Crippen molar-refractivity contribution in [3.8, 4) is 11.5 Å². The van der Waals surface area contributed by atoms with Gasteiger partial charge in [0.15, 0.2) is 6.61 Å². The summed E-state index contributed by atoms with van der Waals surface area (Å²) in [6.45, 7) is 4.00. The fraction of sp³-hybridized carbons (Fsp3) is 0.310. The summed E-state index contributed by atoms with van der Waals surface area (Å²) in [4.78, 5) is 28.6. The molecule has 7 heteroatoms. The molecule has 3 aromatic rings. The van der Waals surface area contributed by atoms with E-state index < -0.39 is 6.04 Å². The van der Waals surface area contributed by atoms with Gasteiger partial charge in [-0.2, -0.15) is 0 Å². The first kappa shape index (κ1) is 27.1. The average Bonchev–Trinajstić information content (AvgIpc) is 2.91. The smallest absolute Gasteiger partial charge is 0.261 e. The third kappa shape index (κ3) is 8.02. The number of halogens is 1. The lowest BCUT2D eigenvalue weighted by Gasteiger charge is -2.32. The number of methoxy groups -OCH3 is 1. The van der Waals surface area contributed by atoms with E-state index in [-0.39, 0.29) is 31.0 Å². The molecule has 6 nitrogen and oxygen atoms in total. The molecule has 0 aliphatic rings. The Hall–Kier alpha value is -3.51. The highest BCUT2D eigenvalue weighted by molar-refractivity contribution is 6.30. The Labute approximate surface area is 218 Å². The summed E-state index contributed by atoms with van der Waals surface area (Å²) >= 11 is 6.07. The zero-order chi connectivity index (χ0) is 25.9. The van der Waals surface area contributed by atoms with Crippen LogP contribution >= 0.6 is 11.6 Å². The first-order valence-electron chi connectivity index (χ1n) is 12.0. The van der Waals surface area contributed by atoms with E-state index in [0.29, 0.717) is 22.9 Å². The number of amides is 2. The predicted molar refractivity (Wildman–Crippen MR) is 142 cm³/mol. The van der Waals surface area contributed by atoms with Crippen LogP contribution in [0.2, 0.25) is 5.02 Å². The minimum Gasteiger partial charge on any atom is -0.497 e. The summed E-state index contributed by atoms with van der Waals surface area (Å²) in [5.74, 6) is 0.753. The molecule has 0 spiro atoms. The van der Waals surface area contributed by atoms with Gasteiger partial charge in [0.25, 0.3) is 5.91 Å². The van der Waals surface area contributed by atoms with Crippen LogP contribution in [0.5, 0.6) is 11.5 Å². The number of carbonyl (C=O) groups excluding carboxylic acids is 2. The van der Waals surface area contributed by atoms with Crippen LogP contribution in [-0.2, 0) is 22.6 Å². The van der Waals surface area contributed by atoms with E-state index in [9.17, 15) is 9.59 Å². The zero-order valence-corrected chi connectivity index (χ0v) is 21.7. The molecule has 0 bridgehead atoms. The number of rotatable bonds is 12. The van der Waals surface area contributed by atoms with E-state index in [1.165, 1.54) is 0 Å². The maximum Gasteiger partial charge on any atom is 0.261 e. The summed E-state index contributed by atoms with van der Waals surface area (Å²) in [5, 5.41) is 3.66. The van der Waals surface area contributed by atoms with Crippen molar-refractivity contribution in [2.45, 2.75) is 45.3 Å². The van der Waals surface area contributed by atoms with Gasteiger partial charge in [-0.25, -0.2) is 0 Å². The van der Waals surface area contributed by atoms with Gasteiger partial charge in [-0.15, -0.1) is 0 Å². The van der Waals surface area contributed by atoms with Gasteiger partial charge >= 0.3 is 0 Å². The first-order chi connectivity index (χ1) is 17.4. The summed E-state index contributed by atoms with van der Waals surface area (Å²) in [5.41, 5.74) is 1.83. The second kappa shape index (κ2) is 13.5. The molecule has 0 aromatic heterocycles. The predicted octanol–water partition coefficient (Wildman–Crippen LogP) is 5.28. The van der Waals surface area contributed by atoms with Crippen molar-refractivity contribution in [3.05, 3.63) is 95.0 Å². The standard InChI is InChI=1S/C29H33ClN2O4/c1-4-21(2)31-29(34)27(18-22-8-6-5-7-9-22)32(19-23-10-12-24(30)13-11-23)28(33)20-36-26-16-14-25(35-3)15-17-26/h5-17,21,27H,4,18-20H2,1-3H3,(H,31,34)/t21-,27+/m1/s1. The lowest BCUT2D eigenvalue weighted by Crippen LogP contribution is -2.53. The molecule has 0 aliphatic heterocycles. The Kier molecular flexibility index (Phi) is 10.2. The fourth-order valence-corrected chi connectivity index (χ4v) is 3.81. The first-order valence-corrected chi connectivity index (χ1v) is 12.4. The maximum atomic E-state index is 13.6. The number of nitrogens with one attached hydrogen (secondary N) is 1. The van der Waals surface area contributed by atoms with Gasteiger partial charge in [0.1, 0.15) is 17.5 Å². The Morgan fingerprint density at radius 1 is 0.917 bits per heavy atom. The molecule has 0 radical (unpaired) electrons. The summed E-state index contributed by atoms with van der Waals surface area (Å²) in [7, 11) is 1.59. The third-order valence-electron chi connectivity index (χ3n) is 5.96. The average molecular weight is 509 g/mol. The van der Waals surface area contributed by atoms with Crippen LogP contribution in [0.25, 0.3) is 0 Å². The topological polar surface area (TPSA) is 67.9 Å². The molecule has 2 atom stereocenters. The quantitative estimate of drug-likeness (QED) is 0.361. The van der Waals surface area contributed by atoms with Crippen LogP contribution in [0.1, 0.15) is 31.4 Å². The lowest BCUT2D eigenvalue weighted by molar-refractivity contribution is -0.143. The van der Waals surface area contributed by atoms with Crippen LogP contribution in [0, 0.1) is 0 Å². The second-order valence-electron chi connectivity index (χ2n) is 8.64. The molecule has 2 amide bonds. The monoisotopic (exact) mass is 508 g/mol. The zero-order valence-electron chi connectivity index (χ0n) is 20.9. The summed E-state index contributed by atoms with van der Waals surface area (Å²) in [6, 6.07) is 23.3. The van der Waals surface area contributed by atoms with E-state index in [1.807, 2.05) is 56.3 Å². The van der Waals surface area contributed by atoms with Crippen molar-refractivity contribution in [2.75, 3.05) is 13.7 Å². The highest BCUT2D eigenvalue weighted by atomic mass is 35.5. The number of nitrogens with zero attached hydrogens (tertiary/aromatic N) is 1. The van der Waals surface area contributed by atoms with Crippen LogP contribution in [-0.4, -0.2) is 42.5 Å². The number of ether oxygens (including phenoxy) is 2. The van der Waals surface area contributed by atoms with Crippen LogP contribution in [0.3, 0.4) is 0 Å². The van der Waals surface area contributed by atoms with Gasteiger partial charge in [0, 0.05) is 24.0 Å². The van der Waals surface area contributed by atoms with Crippen LogP contribution in [0.4, 0.5) is 0 Å². The van der Waals surface area contributed by atoms with E-state index in [2.05, 4.69) is 5.32 Å². The van der Waals surface area contributed by atoms with E-state index >= 15 is 0 Å². The van der Waals surface area contributed by atoms with Gasteiger partial charge in [0.05, 0.1) is 7.11 Å². The molecular weight excluding hydrogens is 476 g/mol. The van der Waals surface area contributed by atoms with Crippen molar-refractivity contribution < 1.29 is 19.1 Å². The molecule has 190 valence electrons. The van der Waals surface area contributed by atoms with Gasteiger partial charge in [-0.1, -0.05) is 61.0 Å². The van der Waals surface area contributed by atoms with Crippen molar-refractivity contribution in [1.82, 2.24) is 10.2 Å². The highest BCUT2D eigenvalue weighted by Crippen LogP contribution is 2.19. The van der Waals surface area contributed by atoms with Crippen molar-refractivity contribution in [2.24, 2.45) is 0 Å². The lowest BCUT2D eigenvalue weighted by atomic mass is 10.0. The summed E-state index contributed by atoms with van der Waals surface area (Å²) < 4.78 is 11.0. The molecule has 3 rings (SSSR count). The van der Waals surface area contributed by atoms with Crippen LogP contribution < -0.4 is 14.8 Å². The number of carbonyl (C=O) groups is 2. The Bertz CT molecular complexity index is 1100. The van der Waals surface area contributed by atoms with E-state index in [1.54, 1.807) is 48.4 Å². The minimum absolute atomic E-state index is 0.0150. The van der Waals surface area contributed by atoms with E-state index in [4.69, 9.17) is 21.1 Å². The highest BCUT2D eigenvalue weighted by Gasteiger charge is 2.31. The number of benzene rings is 3. The molecule has 3 aromatic carbocycles. The normalized spacial score (nSPS) is 12.3. The number of hydrogen-bond donors (Lipinski definition) is 1. The van der Waals surface area contributed by atoms with Gasteiger partial charge in [-0.3, -0.25) is 9.59 Å². The molecule has 0 saturated heterocycles. The van der Waals surface area contributed by atoms with E-state index in [0.717, 1.165) is 17.5 Å². The molecule has 0 unspecified atom stereocenters.